The van der Waals surface area contributed by atoms with Crippen molar-refractivity contribution in [2.24, 2.45) is 5.92 Å². The van der Waals surface area contributed by atoms with Crippen molar-refractivity contribution in [1.82, 2.24) is 20.0 Å². The summed E-state index contributed by atoms with van der Waals surface area (Å²) in [5, 5.41) is 7.64. The molecule has 0 saturated carbocycles. The smallest absolute Gasteiger partial charge is 0.414 e. The van der Waals surface area contributed by atoms with Crippen molar-refractivity contribution < 1.29 is 9.53 Å². The van der Waals surface area contributed by atoms with Crippen molar-refractivity contribution in [3.05, 3.63) is 41.3 Å². The quantitative estimate of drug-likeness (QED) is 0.761. The van der Waals surface area contributed by atoms with Gasteiger partial charge < -0.3 is 10.1 Å². The van der Waals surface area contributed by atoms with Crippen molar-refractivity contribution in [3.8, 4) is 0 Å². The van der Waals surface area contributed by atoms with Gasteiger partial charge in [-0.3, -0.25) is 9.58 Å². The van der Waals surface area contributed by atoms with Crippen molar-refractivity contribution in [2.45, 2.75) is 52.2 Å². The lowest BCUT2D eigenvalue weighted by atomic mass is 9.95. The monoisotopic (exact) mass is 438 g/mol. The topological polar surface area (TPSA) is 59.4 Å². The maximum atomic E-state index is 11.4. The molecular weight excluding hydrogens is 408 g/mol. The molecule has 150 valence electrons. The van der Waals surface area contributed by atoms with Crippen molar-refractivity contribution in [3.63, 3.8) is 0 Å². The summed E-state index contributed by atoms with van der Waals surface area (Å²) < 4.78 is 8.27. The zero-order valence-electron chi connectivity index (χ0n) is 16.5. The highest BCUT2D eigenvalue weighted by molar-refractivity contribution is 9.10. The predicted octanol–water partition coefficient (Wildman–Crippen LogP) is 4.34. The summed E-state index contributed by atoms with van der Waals surface area (Å²) in [4.78, 5) is 13.0. The third kappa shape index (κ3) is 8.75. The molecule has 1 N–H and O–H groups in total. The van der Waals surface area contributed by atoms with Gasteiger partial charge in [0.05, 0.1) is 10.7 Å². The van der Waals surface area contributed by atoms with Crippen LogP contribution in [0.3, 0.4) is 0 Å². The number of aryl methyl sites for hydroxylation is 1. The molecule has 7 heteroatoms. The van der Waals surface area contributed by atoms with Crippen LogP contribution in [0.25, 0.3) is 0 Å². The van der Waals surface area contributed by atoms with Crippen LogP contribution in [-0.4, -0.2) is 46.0 Å². The fourth-order valence-corrected chi connectivity index (χ4v) is 3.20. The minimum atomic E-state index is -0.425. The number of amides is 1. The standard InChI is InChI=1S/C10H16BrN3.C10H15NO2/c11-10-7-13-14(8-10)6-3-9-1-4-12-5-2-9;1-10(2,3)13-9(12)11-7-5-4-6-8-11/h7-9,12H,1-6H2;4-7H,8H2,1-3H3. The lowest BCUT2D eigenvalue weighted by Crippen LogP contribution is -2.34. The Morgan fingerprint density at radius 3 is 2.63 bits per heavy atom. The Labute approximate surface area is 170 Å². The molecule has 1 amide bonds. The molecule has 2 aliphatic rings. The summed E-state index contributed by atoms with van der Waals surface area (Å²) in [5.74, 6) is 0.888. The van der Waals surface area contributed by atoms with E-state index in [1.165, 1.54) is 37.3 Å². The molecule has 1 fully saturated rings. The molecule has 0 unspecified atom stereocenters. The number of piperidine rings is 1. The van der Waals surface area contributed by atoms with E-state index in [0.717, 1.165) is 16.9 Å². The molecule has 2 aliphatic heterocycles. The number of carbonyl (C=O) groups excluding carboxylic acids is 1. The van der Waals surface area contributed by atoms with E-state index >= 15 is 0 Å². The highest BCUT2D eigenvalue weighted by Gasteiger charge is 2.20. The van der Waals surface area contributed by atoms with Crippen LogP contribution >= 0.6 is 15.9 Å². The van der Waals surface area contributed by atoms with Gasteiger partial charge in [-0.25, -0.2) is 4.79 Å². The van der Waals surface area contributed by atoms with Crippen LogP contribution in [0.4, 0.5) is 4.79 Å². The molecule has 0 bridgehead atoms. The minimum Gasteiger partial charge on any atom is -0.443 e. The second-order valence-corrected chi connectivity index (χ2v) is 8.72. The van der Waals surface area contributed by atoms with Crippen LogP contribution in [0.5, 0.6) is 0 Å². The van der Waals surface area contributed by atoms with E-state index < -0.39 is 5.60 Å². The fourth-order valence-electron chi connectivity index (χ4n) is 2.87. The number of hydrogen-bond donors (Lipinski definition) is 1. The summed E-state index contributed by atoms with van der Waals surface area (Å²) in [6.07, 6.45) is 14.8. The fraction of sp³-hybridized carbons (Fsp3) is 0.600. The Bertz CT molecular complexity index is 643. The first kappa shape index (κ1) is 21.7. The SMILES string of the molecule is Brc1cnn(CCC2CCNCC2)c1.CC(C)(C)OC(=O)N1C=CC=CC1. The number of nitrogens with zero attached hydrogens (tertiary/aromatic N) is 3. The second kappa shape index (κ2) is 10.7. The largest absolute Gasteiger partial charge is 0.443 e. The summed E-state index contributed by atoms with van der Waals surface area (Å²) in [5.41, 5.74) is -0.425. The van der Waals surface area contributed by atoms with E-state index in [1.54, 1.807) is 6.20 Å². The third-order valence-corrected chi connectivity index (χ3v) is 4.68. The van der Waals surface area contributed by atoms with E-state index in [9.17, 15) is 4.79 Å². The molecule has 6 nitrogen and oxygen atoms in total. The Morgan fingerprint density at radius 2 is 2.07 bits per heavy atom. The molecule has 1 aromatic heterocycles. The Hall–Kier alpha value is -1.60. The first-order valence-corrected chi connectivity index (χ1v) is 10.3. The van der Waals surface area contributed by atoms with Gasteiger partial charge in [0.15, 0.2) is 0 Å². The van der Waals surface area contributed by atoms with Gasteiger partial charge in [-0.05, 0) is 81.0 Å². The molecule has 0 radical (unpaired) electrons. The first-order valence-electron chi connectivity index (χ1n) is 9.55. The number of ether oxygens (including phenoxy) is 1. The van der Waals surface area contributed by atoms with Crippen LogP contribution in [-0.2, 0) is 11.3 Å². The molecule has 0 aliphatic carbocycles. The number of carbonyl (C=O) groups is 1. The van der Waals surface area contributed by atoms with Crippen LogP contribution in [0, 0.1) is 5.92 Å². The minimum absolute atomic E-state index is 0.298. The average Bonchev–Trinajstić information content (AvgIpc) is 3.06. The molecule has 1 aromatic rings. The molecule has 0 atom stereocenters. The average molecular weight is 439 g/mol. The van der Waals surface area contributed by atoms with E-state index in [1.807, 2.05) is 56.1 Å². The number of nitrogens with one attached hydrogen (secondary N) is 1. The predicted molar refractivity (Wildman–Crippen MR) is 111 cm³/mol. The summed E-state index contributed by atoms with van der Waals surface area (Å²) in [6.45, 7) is 9.58. The number of allylic oxidation sites excluding steroid dienone is 2. The highest BCUT2D eigenvalue weighted by Crippen LogP contribution is 2.17. The molecule has 0 spiro atoms. The number of hydrogen-bond acceptors (Lipinski definition) is 4. The Morgan fingerprint density at radius 1 is 1.33 bits per heavy atom. The highest BCUT2D eigenvalue weighted by atomic mass is 79.9. The van der Waals surface area contributed by atoms with Gasteiger partial charge in [-0.15, -0.1) is 0 Å². The van der Waals surface area contributed by atoms with Gasteiger partial charge in [0.2, 0.25) is 0 Å². The van der Waals surface area contributed by atoms with Gasteiger partial charge in [0.1, 0.15) is 5.60 Å². The number of aromatic nitrogens is 2. The molecule has 3 heterocycles. The Kier molecular flexibility index (Phi) is 8.57. The maximum Gasteiger partial charge on any atom is 0.414 e. The van der Waals surface area contributed by atoms with Crippen LogP contribution in [0.15, 0.2) is 41.3 Å². The van der Waals surface area contributed by atoms with Gasteiger partial charge in [0.25, 0.3) is 0 Å². The van der Waals surface area contributed by atoms with E-state index in [0.29, 0.717) is 6.54 Å². The zero-order valence-corrected chi connectivity index (χ0v) is 18.1. The normalized spacial score (nSPS) is 17.4. The first-order chi connectivity index (χ1) is 12.8. The summed E-state index contributed by atoms with van der Waals surface area (Å²) >= 11 is 3.40. The molecule has 0 aromatic carbocycles. The van der Waals surface area contributed by atoms with Crippen molar-refractivity contribution in [1.29, 1.82) is 0 Å². The maximum absolute atomic E-state index is 11.4. The van der Waals surface area contributed by atoms with Gasteiger partial charge in [-0.1, -0.05) is 12.2 Å². The molecule has 3 rings (SSSR count). The van der Waals surface area contributed by atoms with Crippen molar-refractivity contribution in [2.75, 3.05) is 19.6 Å². The molecule has 27 heavy (non-hydrogen) atoms. The van der Waals surface area contributed by atoms with Crippen LogP contribution < -0.4 is 5.32 Å². The number of rotatable bonds is 3. The third-order valence-electron chi connectivity index (χ3n) is 4.27. The lowest BCUT2D eigenvalue weighted by molar-refractivity contribution is 0.0350. The van der Waals surface area contributed by atoms with Crippen LogP contribution in [0.1, 0.15) is 40.0 Å². The van der Waals surface area contributed by atoms with Gasteiger partial charge in [0, 0.05) is 25.5 Å². The van der Waals surface area contributed by atoms with Crippen LogP contribution in [0.2, 0.25) is 0 Å². The second-order valence-electron chi connectivity index (χ2n) is 7.81. The molecular formula is C20H31BrN4O2. The Balaban J connectivity index is 0.000000194. The van der Waals surface area contributed by atoms with E-state index in [4.69, 9.17) is 4.74 Å². The van der Waals surface area contributed by atoms with E-state index in [2.05, 4.69) is 26.3 Å². The van der Waals surface area contributed by atoms with Gasteiger partial charge >= 0.3 is 6.09 Å². The summed E-state index contributed by atoms with van der Waals surface area (Å²) in [7, 11) is 0. The zero-order chi connectivity index (χ0) is 19.7. The number of halogens is 1. The van der Waals surface area contributed by atoms with Crippen molar-refractivity contribution >= 4 is 22.0 Å². The summed E-state index contributed by atoms with van der Waals surface area (Å²) in [6, 6.07) is 0. The van der Waals surface area contributed by atoms with Gasteiger partial charge in [-0.2, -0.15) is 5.10 Å². The molecule has 1 saturated heterocycles. The lowest BCUT2D eigenvalue weighted by Gasteiger charge is -2.25. The van der Waals surface area contributed by atoms with E-state index in [-0.39, 0.29) is 6.09 Å².